The molecule has 5 aromatic carbocycles. The van der Waals surface area contributed by atoms with Gasteiger partial charge in [0, 0.05) is 56.0 Å². The first kappa shape index (κ1) is 19.1. The Morgan fingerprint density at radius 2 is 1.27 bits per heavy atom. The molecule has 0 bridgehead atoms. The predicted octanol–water partition coefficient (Wildman–Crippen LogP) is 8.37. The van der Waals surface area contributed by atoms with E-state index < -0.39 is 0 Å². The molecule has 0 radical (unpaired) electrons. The molecule has 9 rings (SSSR count). The molecular weight excluding hydrogens is 452 g/mol. The highest BCUT2D eigenvalue weighted by Crippen LogP contribution is 2.42. The summed E-state index contributed by atoms with van der Waals surface area (Å²) in [6, 6.07) is 37.0. The number of benzene rings is 5. The highest BCUT2D eigenvalue weighted by atomic mass is 15.0. The summed E-state index contributed by atoms with van der Waals surface area (Å²) in [5.74, 6) is 0. The van der Waals surface area contributed by atoms with Crippen molar-refractivity contribution < 1.29 is 0 Å². The number of H-pyrrole nitrogens is 1. The molecule has 4 nitrogen and oxygen atoms in total. The molecule has 9 aromatic rings. The van der Waals surface area contributed by atoms with Gasteiger partial charge in [-0.25, -0.2) is 4.98 Å². The topological polar surface area (TPSA) is 38.0 Å². The zero-order valence-electron chi connectivity index (χ0n) is 19.8. The third-order valence-corrected chi connectivity index (χ3v) is 7.89. The molecule has 0 atom stereocenters. The van der Waals surface area contributed by atoms with Crippen LogP contribution in [0.15, 0.2) is 116 Å². The van der Waals surface area contributed by atoms with E-state index in [1.807, 2.05) is 6.20 Å². The van der Waals surface area contributed by atoms with Crippen molar-refractivity contribution in [3.8, 4) is 5.69 Å². The second-order valence-corrected chi connectivity index (χ2v) is 9.75. The molecule has 0 fully saturated rings. The molecule has 0 saturated carbocycles. The summed E-state index contributed by atoms with van der Waals surface area (Å²) in [7, 11) is 0. The Balaban J connectivity index is 1.60. The molecule has 37 heavy (non-hydrogen) atoms. The monoisotopic (exact) mass is 472 g/mol. The average Bonchev–Trinajstić information content (AvgIpc) is 3.67. The van der Waals surface area contributed by atoms with Crippen LogP contribution in [0.5, 0.6) is 0 Å². The van der Waals surface area contributed by atoms with Crippen LogP contribution in [0.3, 0.4) is 0 Å². The summed E-state index contributed by atoms with van der Waals surface area (Å²) in [5.41, 5.74) is 8.01. The molecule has 4 aromatic heterocycles. The fraction of sp³-hybridized carbons (Fsp3) is 0. The van der Waals surface area contributed by atoms with Crippen molar-refractivity contribution in [2.24, 2.45) is 0 Å². The van der Waals surface area contributed by atoms with E-state index >= 15 is 0 Å². The van der Waals surface area contributed by atoms with Crippen molar-refractivity contribution in [1.29, 1.82) is 0 Å². The smallest absolute Gasteiger partial charge is 0.147 e. The molecule has 4 heterocycles. The molecule has 0 saturated heterocycles. The Morgan fingerprint density at radius 3 is 2.19 bits per heavy atom. The van der Waals surface area contributed by atoms with Crippen LogP contribution in [0.2, 0.25) is 0 Å². The summed E-state index contributed by atoms with van der Waals surface area (Å²) >= 11 is 0. The fourth-order valence-electron chi connectivity index (χ4n) is 6.41. The number of rotatable bonds is 1. The van der Waals surface area contributed by atoms with Crippen LogP contribution in [0.4, 0.5) is 0 Å². The maximum atomic E-state index is 4.96. The minimum Gasteiger partial charge on any atom is -0.354 e. The van der Waals surface area contributed by atoms with E-state index in [2.05, 4.69) is 123 Å². The Labute approximate surface area is 211 Å². The Kier molecular flexibility index (Phi) is 3.50. The summed E-state index contributed by atoms with van der Waals surface area (Å²) < 4.78 is 4.68. The molecule has 0 aliphatic rings. The third kappa shape index (κ3) is 2.35. The van der Waals surface area contributed by atoms with Crippen LogP contribution in [0.25, 0.3) is 76.6 Å². The third-order valence-electron chi connectivity index (χ3n) is 7.89. The number of hydrogen-bond donors (Lipinski definition) is 1. The van der Waals surface area contributed by atoms with Gasteiger partial charge in [0.15, 0.2) is 0 Å². The normalized spacial score (nSPS) is 12.3. The minimum atomic E-state index is 0.978. The highest BCUT2D eigenvalue weighted by molar-refractivity contribution is 6.30. The molecule has 0 amide bonds. The van der Waals surface area contributed by atoms with Crippen molar-refractivity contribution in [2.45, 2.75) is 0 Å². The second-order valence-electron chi connectivity index (χ2n) is 9.75. The van der Waals surface area contributed by atoms with Crippen LogP contribution in [-0.4, -0.2) is 18.9 Å². The summed E-state index contributed by atoms with van der Waals surface area (Å²) in [6.45, 7) is 0. The number of fused-ring (bicyclic) bond motifs is 14. The number of imidazole rings is 1. The first-order valence-electron chi connectivity index (χ1n) is 12.6. The molecule has 0 aliphatic heterocycles. The van der Waals surface area contributed by atoms with Crippen molar-refractivity contribution in [1.82, 2.24) is 18.9 Å². The quantitative estimate of drug-likeness (QED) is 0.239. The first-order chi connectivity index (χ1) is 18.4. The van der Waals surface area contributed by atoms with Gasteiger partial charge in [-0.2, -0.15) is 0 Å². The lowest BCUT2D eigenvalue weighted by Crippen LogP contribution is -1.97. The molecule has 1 N–H and O–H groups in total. The zero-order chi connectivity index (χ0) is 24.1. The van der Waals surface area contributed by atoms with Gasteiger partial charge in [0.2, 0.25) is 0 Å². The number of nitrogens with zero attached hydrogens (tertiary/aromatic N) is 3. The molecule has 0 aliphatic carbocycles. The maximum absolute atomic E-state index is 4.96. The molecular formula is C33H20N4. The Morgan fingerprint density at radius 1 is 0.541 bits per heavy atom. The van der Waals surface area contributed by atoms with Gasteiger partial charge in [-0.3, -0.25) is 4.40 Å². The van der Waals surface area contributed by atoms with Gasteiger partial charge in [0.05, 0.1) is 21.9 Å². The highest BCUT2D eigenvalue weighted by Gasteiger charge is 2.21. The van der Waals surface area contributed by atoms with Crippen LogP contribution in [-0.2, 0) is 0 Å². The van der Waals surface area contributed by atoms with E-state index in [0.29, 0.717) is 0 Å². The molecule has 0 unspecified atom stereocenters. The van der Waals surface area contributed by atoms with Crippen molar-refractivity contribution in [3.63, 3.8) is 0 Å². The average molecular weight is 473 g/mol. The molecule has 4 heteroatoms. The minimum absolute atomic E-state index is 0.978. The summed E-state index contributed by atoms with van der Waals surface area (Å²) in [6.07, 6.45) is 4.03. The van der Waals surface area contributed by atoms with Crippen molar-refractivity contribution >= 4 is 70.9 Å². The molecule has 0 spiro atoms. The van der Waals surface area contributed by atoms with Crippen molar-refractivity contribution in [2.75, 3.05) is 0 Å². The van der Waals surface area contributed by atoms with E-state index in [1.54, 1.807) is 0 Å². The van der Waals surface area contributed by atoms with Gasteiger partial charge in [-0.05, 0) is 35.7 Å². The Bertz CT molecular complexity index is 2350. The van der Waals surface area contributed by atoms with E-state index in [-0.39, 0.29) is 0 Å². The predicted molar refractivity (Wildman–Crippen MR) is 154 cm³/mol. The largest absolute Gasteiger partial charge is 0.354 e. The summed E-state index contributed by atoms with van der Waals surface area (Å²) in [4.78, 5) is 8.58. The van der Waals surface area contributed by atoms with Crippen LogP contribution in [0, 0.1) is 0 Å². The number of aromatic amines is 1. The van der Waals surface area contributed by atoms with E-state index in [0.717, 1.165) is 22.4 Å². The van der Waals surface area contributed by atoms with E-state index in [4.69, 9.17) is 4.98 Å². The standard InChI is InChI=1S/C33H20N4/c1-2-8-20(9-3-1)37-28-13-7-5-10-21(28)23-15-14-22-24-16-17-27-29(25-11-4-6-12-26(25)35-27)31(24)36-19-18-34-33(36)30(22)32(23)37/h1-19,35H. The lowest BCUT2D eigenvalue weighted by Gasteiger charge is -2.13. The lowest BCUT2D eigenvalue weighted by atomic mass is 10.00. The van der Waals surface area contributed by atoms with Gasteiger partial charge < -0.3 is 9.55 Å². The van der Waals surface area contributed by atoms with Crippen molar-refractivity contribution in [3.05, 3.63) is 116 Å². The van der Waals surface area contributed by atoms with Gasteiger partial charge in [-0.15, -0.1) is 0 Å². The van der Waals surface area contributed by atoms with Gasteiger partial charge in [-0.1, -0.05) is 72.8 Å². The van der Waals surface area contributed by atoms with Gasteiger partial charge in [0.25, 0.3) is 0 Å². The van der Waals surface area contributed by atoms with E-state index in [1.165, 1.54) is 54.3 Å². The number of pyridine rings is 1. The van der Waals surface area contributed by atoms with Crippen LogP contribution in [0.1, 0.15) is 0 Å². The first-order valence-corrected chi connectivity index (χ1v) is 12.6. The number of nitrogens with one attached hydrogen (secondary N) is 1. The van der Waals surface area contributed by atoms with Gasteiger partial charge in [0.1, 0.15) is 5.65 Å². The van der Waals surface area contributed by atoms with Crippen LogP contribution < -0.4 is 0 Å². The van der Waals surface area contributed by atoms with E-state index in [9.17, 15) is 0 Å². The zero-order valence-corrected chi connectivity index (χ0v) is 19.8. The molecule has 172 valence electrons. The van der Waals surface area contributed by atoms with Crippen LogP contribution >= 0.6 is 0 Å². The number of aromatic nitrogens is 4. The fourth-order valence-corrected chi connectivity index (χ4v) is 6.41. The lowest BCUT2D eigenvalue weighted by molar-refractivity contribution is 1.18. The number of para-hydroxylation sites is 3. The van der Waals surface area contributed by atoms with Gasteiger partial charge >= 0.3 is 0 Å². The maximum Gasteiger partial charge on any atom is 0.147 e. The second kappa shape index (κ2) is 6.77. The Hall–Kier alpha value is -5.09. The SMILES string of the molecule is c1ccc(-n2c3ccccc3c3ccc4c5ccc6[nH]c7ccccc7c6c5n5ccnc5c4c32)cc1. The summed E-state index contributed by atoms with van der Waals surface area (Å²) in [5, 5.41) is 8.58. The number of hydrogen-bond acceptors (Lipinski definition) is 1.